The van der Waals surface area contributed by atoms with Gasteiger partial charge in [-0.1, -0.05) is 12.1 Å². The number of carboxylic acids is 1. The van der Waals surface area contributed by atoms with Gasteiger partial charge in [-0.3, -0.25) is 4.79 Å². The number of aliphatic hydroxyl groups is 1. The number of nitrogens with zero attached hydrogens (tertiary/aromatic N) is 1. The number of likely N-dealkylation sites (tertiary alicyclic amines) is 1. The van der Waals surface area contributed by atoms with E-state index >= 15 is 0 Å². The topological polar surface area (TPSA) is 87.1 Å². The van der Waals surface area contributed by atoms with Crippen molar-refractivity contribution in [3.63, 3.8) is 0 Å². The van der Waals surface area contributed by atoms with Gasteiger partial charge in [0.2, 0.25) is 0 Å². The molecule has 1 aliphatic heterocycles. The number of carboxylic acid groups (broad SMARTS) is 1. The number of amides is 1. The van der Waals surface area contributed by atoms with Crippen molar-refractivity contribution in [2.24, 2.45) is 0 Å². The second kappa shape index (κ2) is 6.04. The number of carbonyl (C=O) groups excluding carboxylic acids is 1. The molecule has 0 spiro atoms. The van der Waals surface area contributed by atoms with Gasteiger partial charge in [-0.15, -0.1) is 0 Å². The van der Waals surface area contributed by atoms with E-state index < -0.39 is 30.6 Å². The maximum Gasteiger partial charge on any atom is 0.387 e. The molecule has 1 aromatic rings. The molecule has 21 heavy (non-hydrogen) atoms. The summed E-state index contributed by atoms with van der Waals surface area (Å²) in [6.45, 7) is -3.27. The molecular formula is C13H13F2NO5. The molecule has 1 amide bonds. The van der Waals surface area contributed by atoms with Crippen LogP contribution in [0.1, 0.15) is 16.8 Å². The summed E-state index contributed by atoms with van der Waals surface area (Å²) in [6, 6.07) is 4.15. The molecule has 0 aliphatic carbocycles. The first-order chi connectivity index (χ1) is 9.90. The Bertz CT molecular complexity index is 551. The van der Waals surface area contributed by atoms with E-state index in [9.17, 15) is 23.5 Å². The summed E-state index contributed by atoms with van der Waals surface area (Å²) in [5, 5.41) is 18.6. The van der Waals surface area contributed by atoms with Crippen LogP contribution in [0.25, 0.3) is 0 Å². The van der Waals surface area contributed by atoms with E-state index in [1.165, 1.54) is 24.3 Å². The molecule has 114 valence electrons. The van der Waals surface area contributed by atoms with Crippen molar-refractivity contribution < 1.29 is 33.3 Å². The number of aliphatic carboxylic acids is 1. The molecule has 8 heteroatoms. The lowest BCUT2D eigenvalue weighted by molar-refractivity contribution is -0.141. The Kier molecular flexibility index (Phi) is 4.37. The Labute approximate surface area is 118 Å². The number of alkyl halides is 2. The van der Waals surface area contributed by atoms with Crippen LogP contribution >= 0.6 is 0 Å². The Hall–Kier alpha value is -2.22. The van der Waals surface area contributed by atoms with E-state index in [-0.39, 0.29) is 24.3 Å². The van der Waals surface area contributed by atoms with E-state index in [0.29, 0.717) is 0 Å². The summed E-state index contributed by atoms with van der Waals surface area (Å²) >= 11 is 0. The molecule has 1 aliphatic rings. The number of β-amino-alcohol motifs (C(OH)–C–C–N with tert-alkyl or cyclic N) is 1. The average molecular weight is 301 g/mol. The molecule has 0 saturated carbocycles. The lowest BCUT2D eigenvalue weighted by atomic mass is 10.1. The third-order valence-corrected chi connectivity index (χ3v) is 3.16. The number of para-hydroxylation sites is 1. The normalized spacial score (nSPS) is 21.6. The van der Waals surface area contributed by atoms with Crippen LogP contribution in [-0.4, -0.2) is 52.3 Å². The second-order valence-electron chi connectivity index (χ2n) is 4.58. The molecule has 1 fully saturated rings. The number of halogens is 2. The summed E-state index contributed by atoms with van der Waals surface area (Å²) in [6.07, 6.45) is -1.06. The molecule has 1 aromatic carbocycles. The molecular weight excluding hydrogens is 288 g/mol. The van der Waals surface area contributed by atoms with Gasteiger partial charge in [0, 0.05) is 13.0 Å². The zero-order chi connectivity index (χ0) is 15.6. The monoisotopic (exact) mass is 301 g/mol. The Morgan fingerprint density at radius 1 is 1.33 bits per heavy atom. The predicted molar refractivity (Wildman–Crippen MR) is 66.2 cm³/mol. The fourth-order valence-corrected chi connectivity index (χ4v) is 2.27. The highest BCUT2D eigenvalue weighted by Gasteiger charge is 2.40. The van der Waals surface area contributed by atoms with Crippen molar-refractivity contribution in [2.75, 3.05) is 6.54 Å². The first-order valence-electron chi connectivity index (χ1n) is 6.16. The largest absolute Gasteiger partial charge is 0.480 e. The summed E-state index contributed by atoms with van der Waals surface area (Å²) in [5.41, 5.74) is -0.168. The van der Waals surface area contributed by atoms with Gasteiger partial charge in [-0.2, -0.15) is 8.78 Å². The van der Waals surface area contributed by atoms with Gasteiger partial charge in [-0.05, 0) is 12.1 Å². The third-order valence-electron chi connectivity index (χ3n) is 3.16. The van der Waals surface area contributed by atoms with Gasteiger partial charge in [0.05, 0.1) is 11.7 Å². The van der Waals surface area contributed by atoms with Crippen molar-refractivity contribution in [1.29, 1.82) is 0 Å². The second-order valence-corrected chi connectivity index (χ2v) is 4.58. The molecule has 2 rings (SSSR count). The summed E-state index contributed by atoms with van der Waals surface area (Å²) in [4.78, 5) is 24.4. The Morgan fingerprint density at radius 3 is 2.62 bits per heavy atom. The maximum absolute atomic E-state index is 12.3. The van der Waals surface area contributed by atoms with Gasteiger partial charge < -0.3 is 19.8 Å². The highest BCUT2D eigenvalue weighted by atomic mass is 19.3. The Balaban J connectivity index is 2.29. The first-order valence-corrected chi connectivity index (χ1v) is 6.16. The van der Waals surface area contributed by atoms with E-state index in [1.807, 2.05) is 0 Å². The quantitative estimate of drug-likeness (QED) is 0.864. The number of carbonyl (C=O) groups is 2. The van der Waals surface area contributed by atoms with E-state index in [2.05, 4.69) is 4.74 Å². The fourth-order valence-electron chi connectivity index (χ4n) is 2.27. The number of rotatable bonds is 4. The Morgan fingerprint density at radius 2 is 2.00 bits per heavy atom. The van der Waals surface area contributed by atoms with Gasteiger partial charge in [0.15, 0.2) is 0 Å². The van der Waals surface area contributed by atoms with Gasteiger partial charge in [0.1, 0.15) is 11.8 Å². The van der Waals surface area contributed by atoms with E-state index in [1.54, 1.807) is 0 Å². The highest BCUT2D eigenvalue weighted by Crippen LogP contribution is 2.26. The van der Waals surface area contributed by atoms with Crippen LogP contribution in [0, 0.1) is 0 Å². The highest BCUT2D eigenvalue weighted by molar-refractivity contribution is 5.99. The minimum absolute atomic E-state index is 0.0983. The molecule has 0 bridgehead atoms. The van der Waals surface area contributed by atoms with Crippen molar-refractivity contribution in [3.05, 3.63) is 29.8 Å². The molecule has 1 saturated heterocycles. The first kappa shape index (κ1) is 15.2. The predicted octanol–water partition coefficient (Wildman–Crippen LogP) is 0.948. The number of hydrogen-bond donors (Lipinski definition) is 2. The number of aliphatic hydroxyl groups excluding tert-OH is 1. The van der Waals surface area contributed by atoms with Crippen LogP contribution in [0.4, 0.5) is 8.78 Å². The zero-order valence-corrected chi connectivity index (χ0v) is 10.8. The average Bonchev–Trinajstić information content (AvgIpc) is 2.80. The van der Waals surface area contributed by atoms with Crippen LogP contribution < -0.4 is 4.74 Å². The molecule has 0 radical (unpaired) electrons. The molecule has 2 atom stereocenters. The summed E-state index contributed by atoms with van der Waals surface area (Å²) < 4.78 is 28.9. The van der Waals surface area contributed by atoms with Crippen LogP contribution in [0.15, 0.2) is 24.3 Å². The van der Waals surface area contributed by atoms with Crippen molar-refractivity contribution in [3.8, 4) is 5.75 Å². The SMILES string of the molecule is O=C(O)[C@@H]1C[C@H](O)CN1C(=O)c1ccccc1OC(F)F. The maximum atomic E-state index is 12.3. The smallest absolute Gasteiger partial charge is 0.387 e. The van der Waals surface area contributed by atoms with Gasteiger partial charge in [0.25, 0.3) is 5.91 Å². The summed E-state index contributed by atoms with van der Waals surface area (Å²) in [7, 11) is 0. The van der Waals surface area contributed by atoms with Crippen LogP contribution in [0.2, 0.25) is 0 Å². The molecule has 6 nitrogen and oxygen atoms in total. The van der Waals surface area contributed by atoms with Crippen molar-refractivity contribution in [2.45, 2.75) is 25.2 Å². The van der Waals surface area contributed by atoms with E-state index in [0.717, 1.165) is 4.90 Å². The standard InChI is InChI=1S/C13H13F2NO5/c14-13(15)21-10-4-2-1-3-8(10)11(18)16-6-7(17)5-9(16)12(19)20/h1-4,7,9,13,17H,5-6H2,(H,19,20)/t7-,9-/m0/s1. The number of benzene rings is 1. The minimum Gasteiger partial charge on any atom is -0.480 e. The van der Waals surface area contributed by atoms with Crippen molar-refractivity contribution in [1.82, 2.24) is 4.90 Å². The molecule has 1 heterocycles. The summed E-state index contributed by atoms with van der Waals surface area (Å²) in [5.74, 6) is -2.36. The van der Waals surface area contributed by atoms with Gasteiger partial charge >= 0.3 is 12.6 Å². The third kappa shape index (κ3) is 3.27. The molecule has 0 aromatic heterocycles. The lowest BCUT2D eigenvalue weighted by Crippen LogP contribution is -2.40. The van der Waals surface area contributed by atoms with Crippen LogP contribution in [-0.2, 0) is 4.79 Å². The lowest BCUT2D eigenvalue weighted by Gasteiger charge is -2.22. The van der Waals surface area contributed by atoms with Crippen LogP contribution in [0.5, 0.6) is 5.75 Å². The number of ether oxygens (including phenoxy) is 1. The minimum atomic E-state index is -3.10. The van der Waals surface area contributed by atoms with Crippen molar-refractivity contribution >= 4 is 11.9 Å². The molecule has 0 unspecified atom stereocenters. The zero-order valence-electron chi connectivity index (χ0n) is 10.8. The van der Waals surface area contributed by atoms with Gasteiger partial charge in [-0.25, -0.2) is 4.79 Å². The molecule has 2 N–H and O–H groups in total. The van der Waals surface area contributed by atoms with E-state index in [4.69, 9.17) is 5.11 Å². The fraction of sp³-hybridized carbons (Fsp3) is 0.385. The number of hydrogen-bond acceptors (Lipinski definition) is 4. The van der Waals surface area contributed by atoms with Crippen LogP contribution in [0.3, 0.4) is 0 Å².